The number of hydrogen-bond donors (Lipinski definition) is 3. The van der Waals surface area contributed by atoms with E-state index in [1.807, 2.05) is 0 Å². The zero-order chi connectivity index (χ0) is 10.3. The number of carbonyl (C=O) groups is 2. The van der Waals surface area contributed by atoms with Gasteiger partial charge in [0, 0.05) is 13.0 Å². The zero-order valence-electron chi connectivity index (χ0n) is 7.67. The average molecular weight is 228 g/mol. The first kappa shape index (κ1) is 15.6. The van der Waals surface area contributed by atoms with Gasteiger partial charge in [-0.3, -0.25) is 9.59 Å². The van der Waals surface area contributed by atoms with E-state index >= 15 is 0 Å². The summed E-state index contributed by atoms with van der Waals surface area (Å²) >= 11 is 0. The summed E-state index contributed by atoms with van der Waals surface area (Å²) in [7, 11) is 1.31. The lowest BCUT2D eigenvalue weighted by Crippen LogP contribution is -2.29. The number of hydrogen-bond acceptors (Lipinski definition) is 5. The molecule has 2 atom stereocenters. The second-order valence-electron chi connectivity index (χ2n) is 2.52. The van der Waals surface area contributed by atoms with Crippen LogP contribution >= 0.6 is 12.4 Å². The summed E-state index contributed by atoms with van der Waals surface area (Å²) in [5, 5.41) is 19.8. The Morgan fingerprint density at radius 1 is 1.64 bits per heavy atom. The first-order valence-electron chi connectivity index (χ1n) is 3.72. The fourth-order valence-electron chi connectivity index (χ4n) is 0.905. The van der Waals surface area contributed by atoms with Crippen LogP contribution in [0.1, 0.15) is 6.42 Å². The van der Waals surface area contributed by atoms with Gasteiger partial charge in [0.2, 0.25) is 0 Å². The third kappa shape index (κ3) is 6.64. The van der Waals surface area contributed by atoms with Crippen LogP contribution in [-0.2, 0) is 14.3 Å². The van der Waals surface area contributed by atoms with Crippen molar-refractivity contribution < 1.29 is 24.5 Å². The molecule has 1 aliphatic heterocycles. The highest BCUT2D eigenvalue weighted by atomic mass is 35.5. The predicted molar refractivity (Wildman–Crippen MR) is 50.4 cm³/mol. The number of aliphatic carboxylic acids is 1. The highest BCUT2D eigenvalue weighted by Crippen LogP contribution is 2.05. The van der Waals surface area contributed by atoms with Crippen LogP contribution in [0.15, 0.2) is 0 Å². The van der Waals surface area contributed by atoms with E-state index in [2.05, 4.69) is 10.1 Å². The van der Waals surface area contributed by atoms with Crippen LogP contribution in [-0.4, -0.2) is 48.5 Å². The molecule has 0 aromatic heterocycles. The van der Waals surface area contributed by atoms with Crippen molar-refractivity contribution in [1.82, 2.24) is 5.32 Å². The highest BCUT2D eigenvalue weighted by Gasteiger charge is 2.27. The highest BCUT2D eigenvalue weighted by molar-refractivity contribution is 5.85. The number of carbonyl (C=O) groups excluding carboxylic acids is 1. The molecule has 6 nitrogen and oxygen atoms in total. The van der Waals surface area contributed by atoms with E-state index in [4.69, 9.17) is 15.0 Å². The van der Waals surface area contributed by atoms with Gasteiger partial charge >= 0.3 is 5.97 Å². The molecular weight excluding hydrogens is 214 g/mol. The van der Waals surface area contributed by atoms with Gasteiger partial charge < -0.3 is 20.3 Å². The second-order valence-corrected chi connectivity index (χ2v) is 2.52. The first-order valence-corrected chi connectivity index (χ1v) is 3.72. The summed E-state index contributed by atoms with van der Waals surface area (Å²) in [6.45, 7) is 0.775. The summed E-state index contributed by atoms with van der Waals surface area (Å²) in [5.74, 6) is -0.883. The van der Waals surface area contributed by atoms with Gasteiger partial charge in [-0.2, -0.15) is 0 Å². The Morgan fingerprint density at radius 3 is 2.29 bits per heavy atom. The van der Waals surface area contributed by atoms with Gasteiger partial charge in [-0.25, -0.2) is 0 Å². The Hall–Kier alpha value is -0.850. The predicted octanol–water partition coefficient (Wildman–Crippen LogP) is -0.995. The van der Waals surface area contributed by atoms with E-state index in [1.165, 1.54) is 7.11 Å². The van der Waals surface area contributed by atoms with E-state index in [0.29, 0.717) is 19.4 Å². The Balaban J connectivity index is 0. The van der Waals surface area contributed by atoms with Crippen molar-refractivity contribution in [3.63, 3.8) is 0 Å². The van der Waals surface area contributed by atoms with Crippen molar-refractivity contribution in [1.29, 1.82) is 0 Å². The molecule has 1 rings (SSSR count). The number of halogens is 1. The fourth-order valence-corrected chi connectivity index (χ4v) is 0.905. The van der Waals surface area contributed by atoms with Crippen LogP contribution in [0.25, 0.3) is 0 Å². The molecule has 0 amide bonds. The van der Waals surface area contributed by atoms with E-state index < -0.39 is 18.1 Å². The van der Waals surface area contributed by atoms with Crippen molar-refractivity contribution in [2.24, 2.45) is 0 Å². The maximum atomic E-state index is 10.2. The van der Waals surface area contributed by atoms with Crippen molar-refractivity contribution in [2.45, 2.75) is 18.6 Å². The number of methoxy groups -OCH3 is 1. The summed E-state index contributed by atoms with van der Waals surface area (Å²) in [4.78, 5) is 19.1. The van der Waals surface area contributed by atoms with Crippen molar-refractivity contribution >= 4 is 24.8 Å². The van der Waals surface area contributed by atoms with Crippen molar-refractivity contribution in [3.8, 4) is 0 Å². The standard InChI is InChI=1S/C5H9NO3.C2H4O2.ClH/c7-3-1-4(5(8)9)6-2-3;1-4-2-3;/h3-4,6-7H,1-2H2,(H,8,9);2H,1H3;1H/t3?,4-;;/m0../s1. The van der Waals surface area contributed by atoms with Gasteiger partial charge in [-0.1, -0.05) is 0 Å². The molecule has 0 aromatic rings. The molecular formula is C7H14ClNO5. The topological polar surface area (TPSA) is 95.9 Å². The minimum absolute atomic E-state index is 0. The molecule has 0 aliphatic carbocycles. The molecule has 1 fully saturated rings. The van der Waals surface area contributed by atoms with Gasteiger partial charge in [-0.15, -0.1) is 12.4 Å². The Kier molecular flexibility index (Phi) is 9.74. The minimum atomic E-state index is -0.883. The Morgan fingerprint density at radius 2 is 2.14 bits per heavy atom. The van der Waals surface area contributed by atoms with Crippen LogP contribution in [0.4, 0.5) is 0 Å². The number of rotatable bonds is 2. The number of ether oxygens (including phenoxy) is 1. The molecule has 1 saturated heterocycles. The molecule has 1 unspecified atom stereocenters. The lowest BCUT2D eigenvalue weighted by Gasteiger charge is -1.99. The number of carboxylic acids is 1. The number of β-amino-alcohol motifs (C(OH)–C–C–N with tert-alkyl or cyclic N) is 1. The van der Waals surface area contributed by atoms with Gasteiger partial charge in [0.15, 0.2) is 0 Å². The number of aliphatic hydroxyl groups is 1. The molecule has 0 radical (unpaired) electrons. The van der Waals surface area contributed by atoms with Gasteiger partial charge in [0.1, 0.15) is 6.04 Å². The third-order valence-electron chi connectivity index (χ3n) is 1.50. The van der Waals surface area contributed by atoms with Gasteiger partial charge in [-0.05, 0) is 0 Å². The quantitative estimate of drug-likeness (QED) is 0.524. The first-order chi connectivity index (χ1) is 6.11. The minimum Gasteiger partial charge on any atom is -0.480 e. The SMILES string of the molecule is COC=O.Cl.O=C(O)[C@@H]1CC(O)CN1. The van der Waals surface area contributed by atoms with Crippen LogP contribution in [0, 0.1) is 0 Å². The zero-order valence-corrected chi connectivity index (χ0v) is 8.49. The number of nitrogens with one attached hydrogen (secondary N) is 1. The number of carboxylic acid groups (broad SMARTS) is 1. The van der Waals surface area contributed by atoms with Crippen LogP contribution in [0.3, 0.4) is 0 Å². The second kappa shape index (κ2) is 8.74. The largest absolute Gasteiger partial charge is 0.480 e. The lowest BCUT2D eigenvalue weighted by atomic mass is 10.2. The van der Waals surface area contributed by atoms with Gasteiger partial charge in [0.25, 0.3) is 6.47 Å². The molecule has 0 spiro atoms. The molecule has 7 heteroatoms. The van der Waals surface area contributed by atoms with E-state index in [1.54, 1.807) is 0 Å². The fraction of sp³-hybridized carbons (Fsp3) is 0.714. The Labute approximate surface area is 87.7 Å². The van der Waals surface area contributed by atoms with Crippen molar-refractivity contribution in [2.75, 3.05) is 13.7 Å². The molecule has 3 N–H and O–H groups in total. The van der Waals surface area contributed by atoms with E-state index in [9.17, 15) is 4.79 Å². The van der Waals surface area contributed by atoms with E-state index in [0.717, 1.165) is 0 Å². The molecule has 14 heavy (non-hydrogen) atoms. The van der Waals surface area contributed by atoms with E-state index in [-0.39, 0.29) is 12.4 Å². The normalized spacial score (nSPS) is 23.9. The molecule has 0 aromatic carbocycles. The summed E-state index contributed by atoms with van der Waals surface area (Å²) in [6.07, 6.45) is -0.152. The summed E-state index contributed by atoms with van der Waals surface area (Å²) in [5.41, 5.74) is 0. The Bertz CT molecular complexity index is 177. The smallest absolute Gasteiger partial charge is 0.320 e. The van der Waals surface area contributed by atoms with Crippen LogP contribution < -0.4 is 5.32 Å². The summed E-state index contributed by atoms with van der Waals surface area (Å²) in [6, 6.07) is -0.542. The van der Waals surface area contributed by atoms with Crippen LogP contribution in [0.5, 0.6) is 0 Å². The molecule has 1 aliphatic rings. The van der Waals surface area contributed by atoms with Crippen molar-refractivity contribution in [3.05, 3.63) is 0 Å². The van der Waals surface area contributed by atoms with Gasteiger partial charge in [0.05, 0.1) is 13.2 Å². The molecule has 0 saturated carbocycles. The molecule has 84 valence electrons. The molecule has 1 heterocycles. The summed E-state index contributed by atoms with van der Waals surface area (Å²) < 4.78 is 3.86. The maximum absolute atomic E-state index is 10.2. The maximum Gasteiger partial charge on any atom is 0.320 e. The van der Waals surface area contributed by atoms with Crippen LogP contribution in [0.2, 0.25) is 0 Å². The average Bonchev–Trinajstić information content (AvgIpc) is 2.52. The monoisotopic (exact) mass is 227 g/mol. The lowest BCUT2D eigenvalue weighted by molar-refractivity contribution is -0.139. The number of aliphatic hydroxyl groups excluding tert-OH is 1. The third-order valence-corrected chi connectivity index (χ3v) is 1.50. The molecule has 0 bridgehead atoms.